The predicted molar refractivity (Wildman–Crippen MR) is 117 cm³/mol. The summed E-state index contributed by atoms with van der Waals surface area (Å²) in [6.07, 6.45) is 8.24. The van der Waals surface area contributed by atoms with Gasteiger partial charge in [-0.3, -0.25) is 4.90 Å². The van der Waals surface area contributed by atoms with Crippen LogP contribution in [0.4, 0.5) is 10.5 Å². The van der Waals surface area contributed by atoms with Crippen molar-refractivity contribution >= 4 is 11.7 Å². The Morgan fingerprint density at radius 3 is 2.45 bits per heavy atom. The second-order valence-electron chi connectivity index (χ2n) is 8.29. The lowest BCUT2D eigenvalue weighted by molar-refractivity contribution is 0.0825. The molecular weight excluding hydrogens is 362 g/mol. The van der Waals surface area contributed by atoms with Gasteiger partial charge in [-0.25, -0.2) is 4.79 Å². The van der Waals surface area contributed by atoms with Crippen LogP contribution < -0.4 is 10.6 Å². The van der Waals surface area contributed by atoms with E-state index in [1.165, 1.54) is 32.1 Å². The molecule has 0 aliphatic carbocycles. The summed E-state index contributed by atoms with van der Waals surface area (Å²) in [6, 6.07) is 10.9. The van der Waals surface area contributed by atoms with E-state index in [0.717, 1.165) is 51.3 Å². The monoisotopic (exact) mass is 397 g/mol. The molecule has 0 radical (unpaired) electrons. The van der Waals surface area contributed by atoms with Gasteiger partial charge in [0, 0.05) is 50.5 Å². The molecule has 2 amide bonds. The van der Waals surface area contributed by atoms with E-state index in [1.807, 2.05) is 29.2 Å². The Hall–Kier alpha value is -2.26. The molecule has 2 atom stereocenters. The number of benzene rings is 1. The van der Waals surface area contributed by atoms with E-state index in [1.54, 1.807) is 0 Å². The van der Waals surface area contributed by atoms with E-state index in [-0.39, 0.29) is 6.03 Å². The molecular formula is C23H35N5O. The average Bonchev–Trinajstić information content (AvgIpc) is 2.98. The Labute approximate surface area is 175 Å². The number of fused-ring (bicyclic) bond motifs is 2. The highest BCUT2D eigenvalue weighted by Crippen LogP contribution is 2.30. The number of piperazine rings is 1. The minimum atomic E-state index is 0.125. The maximum atomic E-state index is 12.5. The molecule has 2 unspecified atom stereocenters. The number of hydrogen-bond acceptors (Lipinski definition) is 4. The summed E-state index contributed by atoms with van der Waals surface area (Å²) in [5.74, 6) is 0. The minimum absolute atomic E-state index is 0.125. The number of nitrogens with zero attached hydrogens (tertiary/aromatic N) is 3. The molecule has 29 heavy (non-hydrogen) atoms. The molecule has 1 aromatic rings. The number of unbranched alkanes of at least 4 members (excludes halogenated alkanes) is 3. The lowest BCUT2D eigenvalue weighted by atomic mass is 10.1. The fourth-order valence-electron chi connectivity index (χ4n) is 4.54. The first-order chi connectivity index (χ1) is 14.2. The van der Waals surface area contributed by atoms with Gasteiger partial charge in [0.2, 0.25) is 0 Å². The van der Waals surface area contributed by atoms with Gasteiger partial charge >= 0.3 is 6.03 Å². The number of amides is 2. The summed E-state index contributed by atoms with van der Waals surface area (Å²) in [7, 11) is 0. The van der Waals surface area contributed by atoms with Crippen LogP contribution in [-0.4, -0.2) is 60.6 Å². The zero-order valence-electron chi connectivity index (χ0n) is 17.7. The van der Waals surface area contributed by atoms with Gasteiger partial charge in [-0.15, -0.1) is 0 Å². The SMILES string of the molecule is CCCCCCNC(=O)N1CC2CCC(C1)N2CCCNc1ccc(C#N)cc1. The molecule has 6 nitrogen and oxygen atoms in total. The number of nitrogens with one attached hydrogen (secondary N) is 2. The van der Waals surface area contributed by atoms with Gasteiger partial charge in [0.1, 0.15) is 0 Å². The quantitative estimate of drug-likeness (QED) is 0.589. The molecule has 2 N–H and O–H groups in total. The smallest absolute Gasteiger partial charge is 0.317 e. The molecule has 0 saturated carbocycles. The molecule has 0 aromatic heterocycles. The third-order valence-corrected chi connectivity index (χ3v) is 6.16. The Kier molecular flexibility index (Phi) is 8.18. The molecule has 3 rings (SSSR count). The summed E-state index contributed by atoms with van der Waals surface area (Å²) >= 11 is 0. The Bertz CT molecular complexity index is 670. The highest BCUT2D eigenvalue weighted by atomic mass is 16.2. The van der Waals surface area contributed by atoms with Crippen molar-refractivity contribution in [2.75, 3.05) is 38.0 Å². The first-order valence-electron chi connectivity index (χ1n) is 11.2. The maximum Gasteiger partial charge on any atom is 0.317 e. The summed E-state index contributed by atoms with van der Waals surface area (Å²) < 4.78 is 0. The van der Waals surface area contributed by atoms with Crippen LogP contribution in [0.3, 0.4) is 0 Å². The van der Waals surface area contributed by atoms with Crippen LogP contribution in [-0.2, 0) is 0 Å². The zero-order valence-corrected chi connectivity index (χ0v) is 17.7. The topological polar surface area (TPSA) is 71.4 Å². The number of rotatable bonds is 10. The van der Waals surface area contributed by atoms with Crippen molar-refractivity contribution < 1.29 is 4.79 Å². The summed E-state index contributed by atoms with van der Waals surface area (Å²) in [5.41, 5.74) is 1.75. The second kappa shape index (κ2) is 11.1. The predicted octanol–water partition coefficient (Wildman–Crippen LogP) is 3.80. The van der Waals surface area contributed by atoms with Gasteiger partial charge in [-0.1, -0.05) is 26.2 Å². The van der Waals surface area contributed by atoms with E-state index in [4.69, 9.17) is 5.26 Å². The van der Waals surface area contributed by atoms with Gasteiger partial charge in [-0.05, 0) is 49.9 Å². The van der Waals surface area contributed by atoms with Crippen molar-refractivity contribution in [2.24, 2.45) is 0 Å². The fourth-order valence-corrected chi connectivity index (χ4v) is 4.54. The van der Waals surface area contributed by atoms with E-state index in [2.05, 4.69) is 28.5 Å². The van der Waals surface area contributed by atoms with E-state index in [9.17, 15) is 4.79 Å². The molecule has 0 spiro atoms. The summed E-state index contributed by atoms with van der Waals surface area (Å²) in [4.78, 5) is 17.1. The second-order valence-corrected chi connectivity index (χ2v) is 8.29. The van der Waals surface area contributed by atoms with Gasteiger partial charge in [-0.2, -0.15) is 5.26 Å². The summed E-state index contributed by atoms with van der Waals surface area (Å²) in [6.45, 7) is 6.72. The molecule has 2 aliphatic rings. The summed E-state index contributed by atoms with van der Waals surface area (Å²) in [5, 5.41) is 15.4. The van der Waals surface area contributed by atoms with Gasteiger partial charge in [0.05, 0.1) is 11.6 Å². The minimum Gasteiger partial charge on any atom is -0.385 e. The standard InChI is InChI=1S/C23H35N5O/c1-2-3-4-5-13-26-23(29)27-17-21-11-12-22(18-27)28(21)15-6-14-25-20-9-7-19(16-24)8-10-20/h7-10,21-22,25H,2-6,11-15,17-18H2,1H3,(H,26,29). The van der Waals surface area contributed by atoms with Crippen molar-refractivity contribution in [3.05, 3.63) is 29.8 Å². The molecule has 2 saturated heterocycles. The Morgan fingerprint density at radius 2 is 1.79 bits per heavy atom. The number of carbonyl (C=O) groups excluding carboxylic acids is 1. The first-order valence-corrected chi connectivity index (χ1v) is 11.2. The number of likely N-dealkylation sites (tertiary alicyclic amines) is 1. The third kappa shape index (κ3) is 6.11. The normalized spacial score (nSPS) is 21.0. The van der Waals surface area contributed by atoms with Gasteiger partial charge in [0.25, 0.3) is 0 Å². The van der Waals surface area contributed by atoms with E-state index in [0.29, 0.717) is 17.6 Å². The fraction of sp³-hybridized carbons (Fsp3) is 0.652. The van der Waals surface area contributed by atoms with Gasteiger partial charge in [0.15, 0.2) is 0 Å². The van der Waals surface area contributed by atoms with E-state index >= 15 is 0 Å². The molecule has 2 heterocycles. The number of nitriles is 1. The van der Waals surface area contributed by atoms with Crippen LogP contribution in [0.2, 0.25) is 0 Å². The van der Waals surface area contributed by atoms with Gasteiger partial charge < -0.3 is 15.5 Å². The van der Waals surface area contributed by atoms with Crippen LogP contribution in [0, 0.1) is 11.3 Å². The maximum absolute atomic E-state index is 12.5. The molecule has 6 heteroatoms. The highest BCUT2D eigenvalue weighted by molar-refractivity contribution is 5.74. The van der Waals surface area contributed by atoms with Crippen LogP contribution in [0.25, 0.3) is 0 Å². The zero-order chi connectivity index (χ0) is 20.5. The van der Waals surface area contributed by atoms with Crippen LogP contribution in [0.5, 0.6) is 0 Å². The van der Waals surface area contributed by atoms with Crippen LogP contribution >= 0.6 is 0 Å². The third-order valence-electron chi connectivity index (χ3n) is 6.16. The lowest BCUT2D eigenvalue weighted by Gasteiger charge is -2.41. The Balaban J connectivity index is 1.35. The van der Waals surface area contributed by atoms with Crippen molar-refractivity contribution in [2.45, 2.75) is 64.0 Å². The van der Waals surface area contributed by atoms with Crippen molar-refractivity contribution in [1.29, 1.82) is 5.26 Å². The number of carbonyl (C=O) groups is 1. The molecule has 2 bridgehead atoms. The first kappa shape index (κ1) is 21.4. The van der Waals surface area contributed by atoms with Crippen molar-refractivity contribution in [1.82, 2.24) is 15.1 Å². The van der Waals surface area contributed by atoms with Crippen molar-refractivity contribution in [3.8, 4) is 6.07 Å². The number of hydrogen-bond donors (Lipinski definition) is 2. The van der Waals surface area contributed by atoms with Crippen molar-refractivity contribution in [3.63, 3.8) is 0 Å². The molecule has 2 fully saturated rings. The number of urea groups is 1. The number of anilines is 1. The van der Waals surface area contributed by atoms with Crippen LogP contribution in [0.1, 0.15) is 57.4 Å². The lowest BCUT2D eigenvalue weighted by Crippen LogP contribution is -2.57. The van der Waals surface area contributed by atoms with Crippen LogP contribution in [0.15, 0.2) is 24.3 Å². The molecule has 158 valence electrons. The molecule has 1 aromatic carbocycles. The Morgan fingerprint density at radius 1 is 1.07 bits per heavy atom. The highest BCUT2D eigenvalue weighted by Gasteiger charge is 2.40. The average molecular weight is 398 g/mol. The van der Waals surface area contributed by atoms with E-state index < -0.39 is 0 Å². The largest absolute Gasteiger partial charge is 0.385 e. The molecule has 2 aliphatic heterocycles.